The van der Waals surface area contributed by atoms with Crippen LogP contribution in [0.15, 0.2) is 24.3 Å². The fourth-order valence-corrected chi connectivity index (χ4v) is 1.06. The Balaban J connectivity index is 2.33. The number of hydrogen-bond donors (Lipinski definition) is 1. The summed E-state index contributed by atoms with van der Waals surface area (Å²) >= 11 is 0. The molecule has 0 spiro atoms. The Bertz CT molecular complexity index is 399. The minimum atomic E-state index is -1.11. The minimum absolute atomic E-state index is 0.406. The van der Waals surface area contributed by atoms with Gasteiger partial charge >= 0.3 is 5.97 Å². The van der Waals surface area contributed by atoms with E-state index in [0.717, 1.165) is 11.3 Å². The molecule has 0 amide bonds. The number of benzene rings is 1. The van der Waals surface area contributed by atoms with Gasteiger partial charge in [-0.1, -0.05) is 18.1 Å². The summed E-state index contributed by atoms with van der Waals surface area (Å²) < 4.78 is 5.37. The van der Waals surface area contributed by atoms with Gasteiger partial charge in [0.25, 0.3) is 0 Å². The molecule has 0 heterocycles. The minimum Gasteiger partial charge on any atom is -0.493 e. The molecule has 0 fully saturated rings. The third-order valence-electron chi connectivity index (χ3n) is 1.68. The molecule has 0 bridgehead atoms. The van der Waals surface area contributed by atoms with E-state index >= 15 is 0 Å². The number of aryl methyl sites for hydroxylation is 1. The predicted molar refractivity (Wildman–Crippen MR) is 56.7 cm³/mol. The fourth-order valence-electron chi connectivity index (χ4n) is 1.06. The van der Waals surface area contributed by atoms with E-state index in [4.69, 9.17) is 9.84 Å². The van der Waals surface area contributed by atoms with Crippen LogP contribution in [0.5, 0.6) is 5.75 Å². The lowest BCUT2D eigenvalue weighted by Gasteiger charge is -2.03. The second-order valence-electron chi connectivity index (χ2n) is 3.02. The SMILES string of the molecule is Cc1cccc(OCCC#CC(=O)O)c1. The molecule has 0 aliphatic carbocycles. The monoisotopic (exact) mass is 204 g/mol. The summed E-state index contributed by atoms with van der Waals surface area (Å²) in [5.74, 6) is 4.20. The molecular weight excluding hydrogens is 192 g/mol. The van der Waals surface area contributed by atoms with Crippen molar-refractivity contribution >= 4 is 5.97 Å². The van der Waals surface area contributed by atoms with Crippen LogP contribution in [0.2, 0.25) is 0 Å². The molecule has 1 aromatic rings. The van der Waals surface area contributed by atoms with Crippen molar-refractivity contribution in [2.75, 3.05) is 6.61 Å². The Morgan fingerprint density at radius 3 is 3.00 bits per heavy atom. The summed E-state index contributed by atoms with van der Waals surface area (Å²) in [6, 6.07) is 7.67. The molecule has 0 radical (unpaired) electrons. The van der Waals surface area contributed by atoms with Gasteiger partial charge in [0.1, 0.15) is 5.75 Å². The number of rotatable bonds is 3. The number of ether oxygens (including phenoxy) is 1. The Morgan fingerprint density at radius 1 is 1.53 bits per heavy atom. The lowest BCUT2D eigenvalue weighted by Crippen LogP contribution is -1.96. The fraction of sp³-hybridized carbons (Fsp3) is 0.250. The van der Waals surface area contributed by atoms with Gasteiger partial charge in [0.05, 0.1) is 6.61 Å². The average molecular weight is 204 g/mol. The van der Waals surface area contributed by atoms with Crippen LogP contribution in [0.1, 0.15) is 12.0 Å². The van der Waals surface area contributed by atoms with Gasteiger partial charge in [-0.2, -0.15) is 0 Å². The summed E-state index contributed by atoms with van der Waals surface area (Å²) in [6.07, 6.45) is 0.417. The molecule has 0 unspecified atom stereocenters. The number of hydrogen-bond acceptors (Lipinski definition) is 2. The summed E-state index contributed by atoms with van der Waals surface area (Å²) in [5, 5.41) is 8.25. The largest absolute Gasteiger partial charge is 0.493 e. The third-order valence-corrected chi connectivity index (χ3v) is 1.68. The topological polar surface area (TPSA) is 46.5 Å². The molecule has 0 aliphatic rings. The molecule has 1 rings (SSSR count). The summed E-state index contributed by atoms with van der Waals surface area (Å²) in [7, 11) is 0. The molecule has 3 heteroatoms. The highest BCUT2D eigenvalue weighted by Crippen LogP contribution is 2.12. The van der Waals surface area contributed by atoms with Crippen LogP contribution >= 0.6 is 0 Å². The van der Waals surface area contributed by atoms with Crippen LogP contribution < -0.4 is 4.74 Å². The molecule has 15 heavy (non-hydrogen) atoms. The second kappa shape index (κ2) is 5.71. The van der Waals surface area contributed by atoms with Crippen molar-refractivity contribution in [3.8, 4) is 17.6 Å². The first-order chi connectivity index (χ1) is 7.18. The molecule has 3 nitrogen and oxygen atoms in total. The van der Waals surface area contributed by atoms with Gasteiger partial charge in [0.2, 0.25) is 0 Å². The zero-order valence-electron chi connectivity index (χ0n) is 8.49. The zero-order valence-corrected chi connectivity index (χ0v) is 8.49. The predicted octanol–water partition coefficient (Wildman–Crippen LogP) is 1.85. The maximum Gasteiger partial charge on any atom is 0.381 e. The van der Waals surface area contributed by atoms with Crippen molar-refractivity contribution < 1.29 is 14.6 Å². The van der Waals surface area contributed by atoms with Crippen LogP contribution in [-0.4, -0.2) is 17.7 Å². The average Bonchev–Trinajstić information content (AvgIpc) is 2.17. The summed E-state index contributed by atoms with van der Waals surface area (Å²) in [4.78, 5) is 10.1. The first-order valence-corrected chi connectivity index (χ1v) is 4.60. The molecule has 1 aromatic carbocycles. The van der Waals surface area contributed by atoms with Gasteiger partial charge in [-0.3, -0.25) is 0 Å². The number of carboxylic acids is 1. The number of aliphatic carboxylic acids is 1. The normalized spacial score (nSPS) is 8.87. The molecule has 0 aliphatic heterocycles. The van der Waals surface area contributed by atoms with Crippen molar-refractivity contribution in [2.24, 2.45) is 0 Å². The van der Waals surface area contributed by atoms with E-state index < -0.39 is 5.97 Å². The van der Waals surface area contributed by atoms with Crippen LogP contribution in [0, 0.1) is 18.8 Å². The van der Waals surface area contributed by atoms with Gasteiger partial charge in [0, 0.05) is 12.3 Å². The quantitative estimate of drug-likeness (QED) is 0.603. The summed E-state index contributed by atoms with van der Waals surface area (Å²) in [6.45, 7) is 2.39. The number of carbonyl (C=O) groups is 1. The molecule has 0 saturated carbocycles. The Kier molecular flexibility index (Phi) is 4.24. The second-order valence-corrected chi connectivity index (χ2v) is 3.02. The first kappa shape index (κ1) is 11.1. The van der Waals surface area contributed by atoms with E-state index in [9.17, 15) is 4.79 Å². The highest BCUT2D eigenvalue weighted by atomic mass is 16.5. The van der Waals surface area contributed by atoms with E-state index in [1.54, 1.807) is 0 Å². The van der Waals surface area contributed by atoms with Gasteiger partial charge in [-0.15, -0.1) is 0 Å². The standard InChI is InChI=1S/C12H12O3/c1-10-5-4-6-11(9-10)15-8-3-2-7-12(13)14/h4-6,9H,3,8H2,1H3,(H,13,14). The Morgan fingerprint density at radius 2 is 2.33 bits per heavy atom. The zero-order chi connectivity index (χ0) is 11.1. The van der Waals surface area contributed by atoms with Crippen LogP contribution in [0.3, 0.4) is 0 Å². The molecule has 78 valence electrons. The maximum absolute atomic E-state index is 10.1. The van der Waals surface area contributed by atoms with Gasteiger partial charge < -0.3 is 9.84 Å². The van der Waals surface area contributed by atoms with E-state index in [2.05, 4.69) is 5.92 Å². The lowest BCUT2D eigenvalue weighted by atomic mass is 10.2. The van der Waals surface area contributed by atoms with E-state index in [0.29, 0.717) is 13.0 Å². The highest BCUT2D eigenvalue weighted by molar-refractivity contribution is 5.86. The maximum atomic E-state index is 10.1. The van der Waals surface area contributed by atoms with E-state index in [1.807, 2.05) is 37.1 Å². The van der Waals surface area contributed by atoms with Gasteiger partial charge in [-0.25, -0.2) is 4.79 Å². The smallest absolute Gasteiger partial charge is 0.381 e. The lowest BCUT2D eigenvalue weighted by molar-refractivity contribution is -0.130. The highest BCUT2D eigenvalue weighted by Gasteiger charge is 1.92. The van der Waals surface area contributed by atoms with Crippen molar-refractivity contribution in [1.29, 1.82) is 0 Å². The molecule has 1 N–H and O–H groups in total. The molecule has 0 saturated heterocycles. The first-order valence-electron chi connectivity index (χ1n) is 4.60. The van der Waals surface area contributed by atoms with Crippen molar-refractivity contribution in [3.63, 3.8) is 0 Å². The Hall–Kier alpha value is -1.95. The van der Waals surface area contributed by atoms with Crippen LogP contribution in [0.4, 0.5) is 0 Å². The Labute approximate surface area is 88.7 Å². The molecular formula is C12H12O3. The van der Waals surface area contributed by atoms with Crippen molar-refractivity contribution in [1.82, 2.24) is 0 Å². The van der Waals surface area contributed by atoms with Crippen molar-refractivity contribution in [2.45, 2.75) is 13.3 Å². The molecule has 0 atom stereocenters. The van der Waals surface area contributed by atoms with Gasteiger partial charge in [0.15, 0.2) is 0 Å². The van der Waals surface area contributed by atoms with Crippen molar-refractivity contribution in [3.05, 3.63) is 29.8 Å². The van der Waals surface area contributed by atoms with E-state index in [1.165, 1.54) is 0 Å². The van der Waals surface area contributed by atoms with Crippen LogP contribution in [0.25, 0.3) is 0 Å². The molecule has 0 aromatic heterocycles. The number of carboxylic acid groups (broad SMARTS) is 1. The van der Waals surface area contributed by atoms with Crippen LogP contribution in [-0.2, 0) is 4.79 Å². The summed E-state index contributed by atoms with van der Waals surface area (Å²) in [5.41, 5.74) is 1.13. The van der Waals surface area contributed by atoms with Gasteiger partial charge in [-0.05, 0) is 24.6 Å². The third kappa shape index (κ3) is 4.72. The van der Waals surface area contributed by atoms with E-state index in [-0.39, 0.29) is 0 Å².